The van der Waals surface area contributed by atoms with Crippen LogP contribution in [0.3, 0.4) is 0 Å². The van der Waals surface area contributed by atoms with E-state index in [4.69, 9.17) is 32.7 Å². The average molecular weight is 569 g/mol. The quantitative estimate of drug-likeness (QED) is 0.138. The van der Waals surface area contributed by atoms with E-state index in [9.17, 15) is 9.59 Å². The van der Waals surface area contributed by atoms with Crippen molar-refractivity contribution in [3.8, 4) is 11.5 Å². The zero-order valence-electron chi connectivity index (χ0n) is 16.1. The van der Waals surface area contributed by atoms with Gasteiger partial charge in [0.1, 0.15) is 0 Å². The lowest BCUT2D eigenvalue weighted by Gasteiger charge is -2.12. The molecule has 0 aliphatic rings. The van der Waals surface area contributed by atoms with Crippen molar-refractivity contribution in [2.45, 2.75) is 0 Å². The Hall–Kier alpha value is -2.62. The third-order valence-electron chi connectivity index (χ3n) is 4.01. The Bertz CT molecular complexity index is 1150. The summed E-state index contributed by atoms with van der Waals surface area (Å²) in [6.45, 7) is 0. The van der Waals surface area contributed by atoms with Gasteiger partial charge < -0.3 is 9.47 Å². The maximum atomic E-state index is 12.4. The largest absolute Gasteiger partial charge is 0.493 e. The van der Waals surface area contributed by atoms with E-state index in [0.717, 1.165) is 0 Å². The van der Waals surface area contributed by atoms with Gasteiger partial charge in [0.25, 0.3) is 5.91 Å². The molecule has 1 N–H and O–H groups in total. The Labute approximate surface area is 202 Å². The molecular formula is C22H15Cl2IN2O4. The molecule has 0 atom stereocenters. The van der Waals surface area contributed by atoms with Gasteiger partial charge in [0, 0.05) is 5.02 Å². The highest BCUT2D eigenvalue weighted by Crippen LogP contribution is 2.34. The van der Waals surface area contributed by atoms with Crippen LogP contribution in [0.4, 0.5) is 0 Å². The molecule has 0 radical (unpaired) electrons. The Balaban J connectivity index is 1.74. The van der Waals surface area contributed by atoms with Gasteiger partial charge in [-0.2, -0.15) is 5.10 Å². The lowest BCUT2D eigenvalue weighted by molar-refractivity contribution is 0.0728. The van der Waals surface area contributed by atoms with Gasteiger partial charge in [-0.25, -0.2) is 10.2 Å². The number of carbonyl (C=O) groups is 2. The number of nitrogens with one attached hydrogen (secondary N) is 1. The van der Waals surface area contributed by atoms with Crippen molar-refractivity contribution in [1.29, 1.82) is 0 Å². The van der Waals surface area contributed by atoms with Crippen LogP contribution >= 0.6 is 45.8 Å². The average Bonchev–Trinajstić information content (AvgIpc) is 2.75. The lowest BCUT2D eigenvalue weighted by atomic mass is 10.2. The number of hydrazone groups is 1. The molecule has 31 heavy (non-hydrogen) atoms. The molecule has 0 bridgehead atoms. The third kappa shape index (κ3) is 5.96. The summed E-state index contributed by atoms with van der Waals surface area (Å²) in [7, 11) is 1.47. The number of ether oxygens (including phenoxy) is 2. The summed E-state index contributed by atoms with van der Waals surface area (Å²) in [6.07, 6.45) is 1.44. The summed E-state index contributed by atoms with van der Waals surface area (Å²) in [6, 6.07) is 16.6. The number of halogens is 3. The summed E-state index contributed by atoms with van der Waals surface area (Å²) < 4.78 is 11.5. The van der Waals surface area contributed by atoms with Crippen LogP contribution in [0.25, 0.3) is 0 Å². The first kappa shape index (κ1) is 23.1. The van der Waals surface area contributed by atoms with Gasteiger partial charge in [0.15, 0.2) is 11.5 Å². The molecule has 0 aliphatic heterocycles. The first-order chi connectivity index (χ1) is 14.9. The molecule has 3 aromatic rings. The van der Waals surface area contributed by atoms with E-state index in [1.807, 2.05) is 28.7 Å². The van der Waals surface area contributed by atoms with Crippen molar-refractivity contribution < 1.29 is 19.1 Å². The number of esters is 1. The molecule has 0 unspecified atom stereocenters. The number of amides is 1. The molecule has 0 aliphatic carbocycles. The standard InChI is InChI=1S/C22H15Cl2IN2O4/c1-30-19-10-13(12-26-27-21(28)16-8-7-15(23)11-17(16)24)9-18(25)20(19)31-22(29)14-5-3-2-4-6-14/h2-12H,1H3,(H,27,28)/b26-12-. The molecule has 6 nitrogen and oxygen atoms in total. The molecule has 0 saturated carbocycles. The van der Waals surface area contributed by atoms with Crippen LogP contribution in [0.1, 0.15) is 26.3 Å². The van der Waals surface area contributed by atoms with E-state index in [2.05, 4.69) is 10.5 Å². The molecule has 3 aromatic carbocycles. The van der Waals surface area contributed by atoms with Crippen LogP contribution in [0.5, 0.6) is 11.5 Å². The molecule has 1 amide bonds. The van der Waals surface area contributed by atoms with Gasteiger partial charge in [-0.1, -0.05) is 41.4 Å². The van der Waals surface area contributed by atoms with Crippen LogP contribution < -0.4 is 14.9 Å². The number of carbonyl (C=O) groups excluding carboxylic acids is 2. The van der Waals surface area contributed by atoms with Crippen molar-refractivity contribution in [2.75, 3.05) is 7.11 Å². The third-order valence-corrected chi connectivity index (χ3v) is 5.36. The normalized spacial score (nSPS) is 10.7. The van der Waals surface area contributed by atoms with Crippen LogP contribution in [-0.4, -0.2) is 25.2 Å². The van der Waals surface area contributed by atoms with Crippen LogP contribution in [0.2, 0.25) is 10.0 Å². The zero-order valence-corrected chi connectivity index (χ0v) is 19.7. The van der Waals surface area contributed by atoms with Gasteiger partial charge >= 0.3 is 5.97 Å². The minimum atomic E-state index is -0.495. The second-order valence-corrected chi connectivity index (χ2v) is 8.12. The Morgan fingerprint density at radius 3 is 2.48 bits per heavy atom. The molecule has 0 heterocycles. The fraction of sp³-hybridized carbons (Fsp3) is 0.0455. The topological polar surface area (TPSA) is 77.0 Å². The first-order valence-electron chi connectivity index (χ1n) is 8.82. The molecule has 0 fully saturated rings. The fourth-order valence-electron chi connectivity index (χ4n) is 2.54. The number of nitrogens with zero attached hydrogens (tertiary/aromatic N) is 1. The van der Waals surface area contributed by atoms with Crippen molar-refractivity contribution >= 4 is 63.9 Å². The number of hydrogen-bond acceptors (Lipinski definition) is 5. The minimum absolute atomic E-state index is 0.223. The van der Waals surface area contributed by atoms with Gasteiger partial charge in [0.05, 0.1) is 33.0 Å². The number of methoxy groups -OCH3 is 1. The molecule has 0 saturated heterocycles. The summed E-state index contributed by atoms with van der Waals surface area (Å²) in [5, 5.41) is 4.61. The first-order valence-corrected chi connectivity index (χ1v) is 10.7. The van der Waals surface area contributed by atoms with Gasteiger partial charge in [-0.3, -0.25) is 4.79 Å². The second kappa shape index (κ2) is 10.6. The van der Waals surface area contributed by atoms with E-state index in [1.165, 1.54) is 25.5 Å². The van der Waals surface area contributed by atoms with Gasteiger partial charge in [-0.15, -0.1) is 0 Å². The van der Waals surface area contributed by atoms with E-state index in [-0.39, 0.29) is 10.6 Å². The maximum absolute atomic E-state index is 12.4. The highest BCUT2D eigenvalue weighted by molar-refractivity contribution is 14.1. The van der Waals surface area contributed by atoms with Crippen molar-refractivity contribution in [2.24, 2.45) is 5.10 Å². The molecule has 3 rings (SSSR count). The summed E-state index contributed by atoms with van der Waals surface area (Å²) in [5.41, 5.74) is 3.71. The number of benzene rings is 3. The van der Waals surface area contributed by atoms with Gasteiger partial charge in [0.2, 0.25) is 0 Å². The molecule has 0 spiro atoms. The highest BCUT2D eigenvalue weighted by Gasteiger charge is 2.16. The highest BCUT2D eigenvalue weighted by atomic mass is 127. The van der Waals surface area contributed by atoms with Crippen LogP contribution in [0.15, 0.2) is 65.8 Å². The van der Waals surface area contributed by atoms with Crippen molar-refractivity contribution in [3.05, 3.63) is 91.0 Å². The molecular weight excluding hydrogens is 554 g/mol. The van der Waals surface area contributed by atoms with Crippen LogP contribution in [0, 0.1) is 3.57 Å². The van der Waals surface area contributed by atoms with E-state index in [1.54, 1.807) is 42.5 Å². The summed E-state index contributed by atoms with van der Waals surface area (Å²) in [5.74, 6) is -0.325. The van der Waals surface area contributed by atoms with Gasteiger partial charge in [-0.05, 0) is 70.6 Å². The Kier molecular flexibility index (Phi) is 7.89. The maximum Gasteiger partial charge on any atom is 0.343 e. The van der Waals surface area contributed by atoms with E-state index >= 15 is 0 Å². The molecule has 158 valence electrons. The predicted molar refractivity (Wildman–Crippen MR) is 129 cm³/mol. The monoisotopic (exact) mass is 568 g/mol. The van der Waals surface area contributed by atoms with Crippen LogP contribution in [-0.2, 0) is 0 Å². The number of hydrogen-bond donors (Lipinski definition) is 1. The molecule has 0 aromatic heterocycles. The smallest absolute Gasteiger partial charge is 0.343 e. The van der Waals surface area contributed by atoms with Crippen molar-refractivity contribution in [3.63, 3.8) is 0 Å². The lowest BCUT2D eigenvalue weighted by Crippen LogP contribution is -2.18. The van der Waals surface area contributed by atoms with Crippen molar-refractivity contribution in [1.82, 2.24) is 5.43 Å². The summed E-state index contributed by atoms with van der Waals surface area (Å²) >= 11 is 13.9. The zero-order chi connectivity index (χ0) is 22.4. The van der Waals surface area contributed by atoms with E-state index < -0.39 is 11.9 Å². The minimum Gasteiger partial charge on any atom is -0.493 e. The predicted octanol–water partition coefficient (Wildman–Crippen LogP) is 5.59. The second-order valence-electron chi connectivity index (χ2n) is 6.11. The Morgan fingerprint density at radius 1 is 1.06 bits per heavy atom. The number of rotatable bonds is 6. The molecule has 9 heteroatoms. The SMILES string of the molecule is COc1cc(/C=N\NC(=O)c2ccc(Cl)cc2Cl)cc(I)c1OC(=O)c1ccccc1. The fourth-order valence-corrected chi connectivity index (χ4v) is 3.77. The Morgan fingerprint density at radius 2 is 1.81 bits per heavy atom. The summed E-state index contributed by atoms with van der Waals surface area (Å²) in [4.78, 5) is 24.6. The van der Waals surface area contributed by atoms with E-state index in [0.29, 0.717) is 31.2 Å².